The SMILES string of the molecule is COc1ccc(C)cc1NC(C)C(=O)Nc1sc2c(c1C#N)CCCCC2. The maximum atomic E-state index is 12.7. The number of hydrogen-bond acceptors (Lipinski definition) is 5. The van der Waals surface area contributed by atoms with Gasteiger partial charge in [0.2, 0.25) is 5.91 Å². The van der Waals surface area contributed by atoms with E-state index in [-0.39, 0.29) is 5.91 Å². The number of carbonyl (C=O) groups excluding carboxylic acids is 1. The van der Waals surface area contributed by atoms with Gasteiger partial charge in [-0.05, 0) is 62.8 Å². The Kier molecular flexibility index (Phi) is 6.02. The van der Waals surface area contributed by atoms with Crippen LogP contribution in [0.5, 0.6) is 5.75 Å². The summed E-state index contributed by atoms with van der Waals surface area (Å²) in [6.07, 6.45) is 5.39. The lowest BCUT2D eigenvalue weighted by atomic mass is 10.1. The van der Waals surface area contributed by atoms with E-state index in [9.17, 15) is 10.1 Å². The Labute approximate surface area is 164 Å². The first-order chi connectivity index (χ1) is 13.0. The van der Waals surface area contributed by atoms with Crippen LogP contribution in [0.15, 0.2) is 18.2 Å². The number of amides is 1. The molecule has 1 aliphatic carbocycles. The molecular weight excluding hydrogens is 358 g/mol. The van der Waals surface area contributed by atoms with Crippen LogP contribution in [0.3, 0.4) is 0 Å². The standard InChI is InChI=1S/C21H25N3O2S/c1-13-9-10-18(26-3)17(11-13)23-14(2)20(25)24-21-16(12-22)15-7-5-4-6-8-19(15)27-21/h9-11,14,23H,4-8H2,1-3H3,(H,24,25). The highest BCUT2D eigenvalue weighted by atomic mass is 32.1. The molecule has 0 aliphatic heterocycles. The van der Waals surface area contributed by atoms with Crippen LogP contribution >= 0.6 is 11.3 Å². The number of nitrogens with one attached hydrogen (secondary N) is 2. The summed E-state index contributed by atoms with van der Waals surface area (Å²) in [6.45, 7) is 3.80. The molecule has 0 saturated heterocycles. The molecule has 0 fully saturated rings. The van der Waals surface area contributed by atoms with Gasteiger partial charge in [0, 0.05) is 4.88 Å². The van der Waals surface area contributed by atoms with Crippen LogP contribution < -0.4 is 15.4 Å². The van der Waals surface area contributed by atoms with Gasteiger partial charge in [0.15, 0.2) is 0 Å². The highest BCUT2D eigenvalue weighted by Crippen LogP contribution is 2.37. The molecule has 27 heavy (non-hydrogen) atoms. The first-order valence-electron chi connectivity index (χ1n) is 9.30. The fourth-order valence-corrected chi connectivity index (χ4v) is 4.65. The van der Waals surface area contributed by atoms with Crippen LogP contribution in [0.25, 0.3) is 0 Å². The van der Waals surface area contributed by atoms with Gasteiger partial charge in [-0.3, -0.25) is 4.79 Å². The summed E-state index contributed by atoms with van der Waals surface area (Å²) in [6, 6.07) is 7.64. The molecule has 0 spiro atoms. The fraction of sp³-hybridized carbons (Fsp3) is 0.429. The maximum absolute atomic E-state index is 12.7. The summed E-state index contributed by atoms with van der Waals surface area (Å²) < 4.78 is 5.37. The Bertz CT molecular complexity index is 882. The molecule has 2 N–H and O–H groups in total. The highest BCUT2D eigenvalue weighted by Gasteiger charge is 2.23. The van der Waals surface area contributed by atoms with Crippen molar-refractivity contribution in [3.63, 3.8) is 0 Å². The number of nitriles is 1. The molecule has 1 aliphatic rings. The van der Waals surface area contributed by atoms with Gasteiger partial charge in [0.1, 0.15) is 22.9 Å². The second-order valence-corrected chi connectivity index (χ2v) is 8.04. The molecule has 1 aromatic heterocycles. The number of benzene rings is 1. The van der Waals surface area contributed by atoms with Gasteiger partial charge in [-0.1, -0.05) is 12.5 Å². The number of ether oxygens (including phenoxy) is 1. The van der Waals surface area contributed by atoms with Crippen LogP contribution in [0, 0.1) is 18.3 Å². The maximum Gasteiger partial charge on any atom is 0.247 e. The van der Waals surface area contributed by atoms with Crippen molar-refractivity contribution in [2.45, 2.75) is 52.0 Å². The number of fused-ring (bicyclic) bond motifs is 1. The van der Waals surface area contributed by atoms with Crippen molar-refractivity contribution in [2.75, 3.05) is 17.7 Å². The lowest BCUT2D eigenvalue weighted by molar-refractivity contribution is -0.116. The molecule has 2 aromatic rings. The van der Waals surface area contributed by atoms with Crippen molar-refractivity contribution in [3.8, 4) is 11.8 Å². The quantitative estimate of drug-likeness (QED) is 0.737. The Morgan fingerprint density at radius 3 is 2.81 bits per heavy atom. The van der Waals surface area contributed by atoms with Crippen LogP contribution in [0.2, 0.25) is 0 Å². The van der Waals surface area contributed by atoms with Crippen molar-refractivity contribution in [1.29, 1.82) is 5.26 Å². The van der Waals surface area contributed by atoms with E-state index in [1.807, 2.05) is 32.0 Å². The summed E-state index contributed by atoms with van der Waals surface area (Å²) in [5.41, 5.74) is 3.64. The predicted octanol–water partition coefficient (Wildman–Crippen LogP) is 4.64. The summed E-state index contributed by atoms with van der Waals surface area (Å²) in [5, 5.41) is 16.5. The van der Waals surface area contributed by atoms with Crippen LogP contribution in [-0.2, 0) is 17.6 Å². The zero-order valence-corrected chi connectivity index (χ0v) is 16.8. The summed E-state index contributed by atoms with van der Waals surface area (Å²) in [5.74, 6) is 0.535. The monoisotopic (exact) mass is 383 g/mol. The van der Waals surface area contributed by atoms with Gasteiger partial charge in [0.05, 0.1) is 18.4 Å². The molecule has 1 atom stereocenters. The molecule has 5 nitrogen and oxygen atoms in total. The average molecular weight is 384 g/mol. The normalized spacial score (nSPS) is 14.4. The van der Waals surface area contributed by atoms with Crippen molar-refractivity contribution >= 4 is 27.9 Å². The molecule has 0 bridgehead atoms. The molecule has 1 aromatic carbocycles. The van der Waals surface area contributed by atoms with E-state index in [0.29, 0.717) is 16.3 Å². The third kappa shape index (κ3) is 4.25. The first-order valence-corrected chi connectivity index (χ1v) is 10.1. The zero-order valence-electron chi connectivity index (χ0n) is 16.0. The Balaban J connectivity index is 1.76. The van der Waals surface area contributed by atoms with Gasteiger partial charge in [-0.25, -0.2) is 0 Å². The van der Waals surface area contributed by atoms with E-state index >= 15 is 0 Å². The second kappa shape index (κ2) is 8.45. The molecule has 6 heteroatoms. The van der Waals surface area contributed by atoms with Crippen molar-refractivity contribution < 1.29 is 9.53 Å². The zero-order chi connectivity index (χ0) is 19.4. The molecule has 142 valence electrons. The van der Waals surface area contributed by atoms with Gasteiger partial charge >= 0.3 is 0 Å². The minimum Gasteiger partial charge on any atom is -0.495 e. The topological polar surface area (TPSA) is 74.2 Å². The third-order valence-corrected chi connectivity index (χ3v) is 6.10. The molecule has 3 rings (SSSR count). The van der Waals surface area contributed by atoms with E-state index < -0.39 is 6.04 Å². The molecule has 0 radical (unpaired) electrons. The predicted molar refractivity (Wildman–Crippen MR) is 110 cm³/mol. The number of carbonyl (C=O) groups is 1. The number of anilines is 2. The second-order valence-electron chi connectivity index (χ2n) is 6.94. The average Bonchev–Trinajstić information content (AvgIpc) is 2.81. The summed E-state index contributed by atoms with van der Waals surface area (Å²) in [4.78, 5) is 14.0. The Morgan fingerprint density at radius 2 is 2.07 bits per heavy atom. The summed E-state index contributed by atoms with van der Waals surface area (Å²) >= 11 is 1.56. The van der Waals surface area contributed by atoms with Crippen molar-refractivity contribution in [2.24, 2.45) is 0 Å². The summed E-state index contributed by atoms with van der Waals surface area (Å²) in [7, 11) is 1.61. The van der Waals surface area contributed by atoms with Gasteiger partial charge in [-0.2, -0.15) is 5.26 Å². The molecule has 1 heterocycles. The molecule has 1 unspecified atom stereocenters. The van der Waals surface area contributed by atoms with Crippen LogP contribution in [0.4, 0.5) is 10.7 Å². The number of thiophene rings is 1. The number of nitrogens with zero attached hydrogens (tertiary/aromatic N) is 1. The van der Waals surface area contributed by atoms with Crippen molar-refractivity contribution in [3.05, 3.63) is 39.8 Å². The Morgan fingerprint density at radius 1 is 1.30 bits per heavy atom. The third-order valence-electron chi connectivity index (χ3n) is 4.89. The number of methoxy groups -OCH3 is 1. The minimum absolute atomic E-state index is 0.161. The van der Waals surface area contributed by atoms with E-state index in [4.69, 9.17) is 4.74 Å². The Hall–Kier alpha value is -2.52. The van der Waals surface area contributed by atoms with Gasteiger partial charge in [-0.15, -0.1) is 11.3 Å². The number of hydrogen-bond donors (Lipinski definition) is 2. The van der Waals surface area contributed by atoms with Crippen LogP contribution in [-0.4, -0.2) is 19.1 Å². The lowest BCUT2D eigenvalue weighted by Gasteiger charge is -2.17. The van der Waals surface area contributed by atoms with E-state index in [2.05, 4.69) is 16.7 Å². The largest absolute Gasteiger partial charge is 0.495 e. The highest BCUT2D eigenvalue weighted by molar-refractivity contribution is 7.16. The van der Waals surface area contributed by atoms with E-state index in [1.54, 1.807) is 18.4 Å². The molecular formula is C21H25N3O2S. The van der Waals surface area contributed by atoms with E-state index in [0.717, 1.165) is 42.5 Å². The van der Waals surface area contributed by atoms with Crippen molar-refractivity contribution in [1.82, 2.24) is 0 Å². The fourth-order valence-electron chi connectivity index (χ4n) is 3.40. The number of aryl methyl sites for hydroxylation is 2. The smallest absolute Gasteiger partial charge is 0.247 e. The van der Waals surface area contributed by atoms with Gasteiger partial charge < -0.3 is 15.4 Å². The first kappa shape index (κ1) is 19.2. The minimum atomic E-state index is -0.464. The molecule has 0 saturated carbocycles. The van der Waals surface area contributed by atoms with Gasteiger partial charge in [0.25, 0.3) is 0 Å². The number of rotatable bonds is 5. The van der Waals surface area contributed by atoms with E-state index in [1.165, 1.54) is 11.3 Å². The molecule has 1 amide bonds. The lowest BCUT2D eigenvalue weighted by Crippen LogP contribution is -2.32. The van der Waals surface area contributed by atoms with Crippen LogP contribution in [0.1, 0.15) is 47.8 Å².